The van der Waals surface area contributed by atoms with Crippen molar-refractivity contribution in [2.24, 2.45) is 0 Å². The van der Waals surface area contributed by atoms with Crippen LogP contribution in [0.4, 0.5) is 0 Å². The van der Waals surface area contributed by atoms with E-state index in [0.29, 0.717) is 0 Å². The molecule has 0 saturated carbocycles. The first kappa shape index (κ1) is 10.8. The lowest BCUT2D eigenvalue weighted by molar-refractivity contribution is 1.16. The Kier molecular flexibility index (Phi) is 3.22. The zero-order valence-corrected chi connectivity index (χ0v) is 11.2. The van der Waals surface area contributed by atoms with Gasteiger partial charge in [-0.1, -0.05) is 35.0 Å². The highest BCUT2D eigenvalue weighted by Gasteiger charge is 2.08. The first-order valence-electron chi connectivity index (χ1n) is 4.93. The van der Waals surface area contributed by atoms with Gasteiger partial charge in [-0.2, -0.15) is 0 Å². The Labute approximate surface area is 102 Å². The minimum Gasteiger partial charge on any atom is -0.241 e. The summed E-state index contributed by atoms with van der Waals surface area (Å²) in [5, 5.41) is 1.14. The van der Waals surface area contributed by atoms with Gasteiger partial charge in [0.15, 0.2) is 0 Å². The quantitative estimate of drug-likeness (QED) is 0.793. The molecule has 2 rings (SSSR count). The van der Waals surface area contributed by atoms with Crippen LogP contribution in [-0.4, -0.2) is 4.98 Å². The van der Waals surface area contributed by atoms with Crippen LogP contribution < -0.4 is 0 Å². The predicted molar refractivity (Wildman–Crippen MR) is 69.4 cm³/mol. The molecule has 1 heterocycles. The lowest BCUT2D eigenvalue weighted by Gasteiger charge is -1.99. The number of aromatic nitrogens is 1. The van der Waals surface area contributed by atoms with E-state index in [1.807, 2.05) is 0 Å². The van der Waals surface area contributed by atoms with Gasteiger partial charge in [0.1, 0.15) is 0 Å². The van der Waals surface area contributed by atoms with E-state index in [2.05, 4.69) is 59.0 Å². The maximum absolute atomic E-state index is 4.58. The second-order valence-corrected chi connectivity index (χ2v) is 5.57. The van der Waals surface area contributed by atoms with Crippen LogP contribution in [0.15, 0.2) is 28.7 Å². The van der Waals surface area contributed by atoms with Crippen LogP contribution in [0.2, 0.25) is 0 Å². The van der Waals surface area contributed by atoms with E-state index < -0.39 is 0 Å². The second-order valence-electron chi connectivity index (χ2n) is 3.37. The van der Waals surface area contributed by atoms with E-state index in [1.165, 1.54) is 10.4 Å². The van der Waals surface area contributed by atoms with Gasteiger partial charge in [0.2, 0.25) is 0 Å². The van der Waals surface area contributed by atoms with E-state index in [0.717, 1.165) is 21.6 Å². The van der Waals surface area contributed by atoms with Crippen LogP contribution in [0.1, 0.15) is 16.8 Å². The summed E-state index contributed by atoms with van der Waals surface area (Å²) in [5.41, 5.74) is 2.35. The molecule has 1 aromatic carbocycles. The van der Waals surface area contributed by atoms with Crippen molar-refractivity contribution >= 4 is 27.3 Å². The van der Waals surface area contributed by atoms with Crippen LogP contribution in [0, 0.1) is 6.92 Å². The highest BCUT2D eigenvalue weighted by Crippen LogP contribution is 2.29. The Balaban J connectivity index is 2.48. The zero-order chi connectivity index (χ0) is 10.8. The minimum absolute atomic E-state index is 1.05. The average molecular weight is 282 g/mol. The van der Waals surface area contributed by atoms with Gasteiger partial charge in [-0.3, -0.25) is 0 Å². The number of benzene rings is 1. The first-order valence-corrected chi connectivity index (χ1v) is 6.54. The van der Waals surface area contributed by atoms with Gasteiger partial charge >= 0.3 is 0 Å². The Bertz CT molecular complexity index is 459. The predicted octanol–water partition coefficient (Wildman–Crippen LogP) is 4.44. The molecule has 0 aliphatic carbocycles. The van der Waals surface area contributed by atoms with Crippen LogP contribution in [-0.2, 0) is 6.42 Å². The third-order valence-electron chi connectivity index (χ3n) is 2.24. The maximum atomic E-state index is 4.58. The number of hydrogen-bond acceptors (Lipinski definition) is 2. The number of nitrogens with zero attached hydrogens (tertiary/aromatic N) is 1. The molecular weight excluding hydrogens is 270 g/mol. The maximum Gasteiger partial charge on any atom is 0.0904 e. The highest BCUT2D eigenvalue weighted by atomic mass is 79.9. The third kappa shape index (κ3) is 2.29. The normalized spacial score (nSPS) is 10.6. The summed E-state index contributed by atoms with van der Waals surface area (Å²) in [6, 6.07) is 8.34. The minimum atomic E-state index is 1.05. The second kappa shape index (κ2) is 4.45. The van der Waals surface area contributed by atoms with Crippen molar-refractivity contribution < 1.29 is 0 Å². The molecule has 0 aliphatic rings. The molecule has 0 atom stereocenters. The van der Waals surface area contributed by atoms with Crippen molar-refractivity contribution in [3.63, 3.8) is 0 Å². The fourth-order valence-electron chi connectivity index (χ4n) is 1.54. The molecule has 0 N–H and O–H groups in total. The summed E-state index contributed by atoms with van der Waals surface area (Å²) in [6.45, 7) is 4.24. The Morgan fingerprint density at radius 3 is 2.53 bits per heavy atom. The van der Waals surface area contributed by atoms with Gasteiger partial charge in [0.25, 0.3) is 0 Å². The van der Waals surface area contributed by atoms with Gasteiger partial charge in [-0.25, -0.2) is 4.98 Å². The number of thiazole rings is 1. The highest BCUT2D eigenvalue weighted by molar-refractivity contribution is 9.10. The number of aryl methyl sites for hydroxylation is 2. The summed E-state index contributed by atoms with van der Waals surface area (Å²) in [7, 11) is 0. The molecule has 3 heteroatoms. The summed E-state index contributed by atoms with van der Waals surface area (Å²) in [4.78, 5) is 5.95. The molecule has 1 aromatic heterocycles. The van der Waals surface area contributed by atoms with E-state index in [4.69, 9.17) is 0 Å². The average Bonchev–Trinajstić information content (AvgIpc) is 2.61. The van der Waals surface area contributed by atoms with Crippen LogP contribution in [0.5, 0.6) is 0 Å². The molecule has 0 spiro atoms. The lowest BCUT2D eigenvalue weighted by Crippen LogP contribution is -1.83. The molecule has 0 radical (unpaired) electrons. The molecule has 15 heavy (non-hydrogen) atoms. The number of hydrogen-bond donors (Lipinski definition) is 0. The van der Waals surface area contributed by atoms with Gasteiger partial charge in [0, 0.05) is 14.9 Å². The molecule has 0 aliphatic heterocycles. The fraction of sp³-hybridized carbons (Fsp3) is 0.250. The van der Waals surface area contributed by atoms with E-state index in [-0.39, 0.29) is 0 Å². The monoisotopic (exact) mass is 281 g/mol. The first-order chi connectivity index (χ1) is 7.20. The Hall–Kier alpha value is -0.670. The fourth-order valence-corrected chi connectivity index (χ4v) is 2.70. The Morgan fingerprint density at radius 1 is 1.27 bits per heavy atom. The smallest absolute Gasteiger partial charge is 0.0904 e. The summed E-state index contributed by atoms with van der Waals surface area (Å²) in [5.74, 6) is 0. The molecule has 0 bridgehead atoms. The molecule has 1 nitrogen and oxygen atoms in total. The van der Waals surface area contributed by atoms with E-state index >= 15 is 0 Å². The number of halogens is 1. The van der Waals surface area contributed by atoms with E-state index in [1.54, 1.807) is 11.3 Å². The zero-order valence-electron chi connectivity index (χ0n) is 8.75. The molecule has 0 unspecified atom stereocenters. The van der Waals surface area contributed by atoms with Crippen LogP contribution in [0.25, 0.3) is 11.3 Å². The third-order valence-corrected chi connectivity index (χ3v) is 3.89. The van der Waals surface area contributed by atoms with Crippen molar-refractivity contribution in [1.82, 2.24) is 4.98 Å². The molecular formula is C12H12BrNS. The van der Waals surface area contributed by atoms with Crippen molar-refractivity contribution in [1.29, 1.82) is 0 Å². The topological polar surface area (TPSA) is 12.9 Å². The van der Waals surface area contributed by atoms with Gasteiger partial charge in [-0.05, 0) is 25.5 Å². The lowest BCUT2D eigenvalue weighted by atomic mass is 10.1. The van der Waals surface area contributed by atoms with Crippen LogP contribution in [0.3, 0.4) is 0 Å². The van der Waals surface area contributed by atoms with Gasteiger partial charge in [-0.15, -0.1) is 11.3 Å². The Morgan fingerprint density at radius 2 is 1.93 bits per heavy atom. The van der Waals surface area contributed by atoms with Crippen molar-refractivity contribution in [3.05, 3.63) is 38.6 Å². The summed E-state index contributed by atoms with van der Waals surface area (Å²) in [6.07, 6.45) is 1.05. The molecule has 0 saturated heterocycles. The number of rotatable bonds is 2. The van der Waals surface area contributed by atoms with Gasteiger partial charge < -0.3 is 0 Å². The van der Waals surface area contributed by atoms with Crippen molar-refractivity contribution in [2.75, 3.05) is 0 Å². The standard InChI is InChI=1S/C12H12BrNS/c1-3-11-12(14-8(2)15-11)9-4-6-10(13)7-5-9/h4-7H,3H2,1-2H3. The summed E-state index contributed by atoms with van der Waals surface area (Å²) < 4.78 is 1.11. The van der Waals surface area contributed by atoms with E-state index in [9.17, 15) is 0 Å². The molecule has 0 fully saturated rings. The van der Waals surface area contributed by atoms with Crippen molar-refractivity contribution in [2.45, 2.75) is 20.3 Å². The summed E-state index contributed by atoms with van der Waals surface area (Å²) >= 11 is 5.23. The molecule has 2 aromatic rings. The van der Waals surface area contributed by atoms with Gasteiger partial charge in [0.05, 0.1) is 10.7 Å². The largest absolute Gasteiger partial charge is 0.241 e. The molecule has 0 amide bonds. The SMILES string of the molecule is CCc1sc(C)nc1-c1ccc(Br)cc1. The van der Waals surface area contributed by atoms with Crippen LogP contribution >= 0.6 is 27.3 Å². The van der Waals surface area contributed by atoms with Crippen molar-refractivity contribution in [3.8, 4) is 11.3 Å². The molecule has 78 valence electrons.